The van der Waals surface area contributed by atoms with Crippen molar-refractivity contribution in [2.75, 3.05) is 40.4 Å². The van der Waals surface area contributed by atoms with Gasteiger partial charge >= 0.3 is 0 Å². The highest BCUT2D eigenvalue weighted by Crippen LogP contribution is 2.36. The molecule has 2 fully saturated rings. The summed E-state index contributed by atoms with van der Waals surface area (Å²) in [7, 11) is 3.26. The Hall–Kier alpha value is -1.75. The van der Waals surface area contributed by atoms with Crippen molar-refractivity contribution in [2.45, 2.75) is 25.7 Å². The lowest BCUT2D eigenvalue weighted by atomic mass is 9.86. The van der Waals surface area contributed by atoms with Crippen LogP contribution in [0.25, 0.3) is 0 Å². The number of nitrogens with zero attached hydrogens (tertiary/aromatic N) is 1. The van der Waals surface area contributed by atoms with Gasteiger partial charge in [-0.05, 0) is 43.5 Å². The first-order chi connectivity index (χ1) is 11.2. The Labute approximate surface area is 137 Å². The Morgan fingerprint density at radius 3 is 2.78 bits per heavy atom. The summed E-state index contributed by atoms with van der Waals surface area (Å²) in [4.78, 5) is 14.5. The second kappa shape index (κ2) is 6.79. The average molecular weight is 318 g/mol. The first-order valence-corrected chi connectivity index (χ1v) is 8.35. The average Bonchev–Trinajstić information content (AvgIpc) is 3.22. The third-order valence-corrected chi connectivity index (χ3v) is 5.20. The normalized spacial score (nSPS) is 23.5. The molecule has 1 N–H and O–H groups in total. The summed E-state index contributed by atoms with van der Waals surface area (Å²) < 4.78 is 10.6. The van der Waals surface area contributed by atoms with E-state index in [0.717, 1.165) is 56.1 Å². The highest BCUT2D eigenvalue weighted by atomic mass is 16.5. The minimum Gasteiger partial charge on any atom is -0.493 e. The van der Waals surface area contributed by atoms with Crippen molar-refractivity contribution in [1.29, 1.82) is 0 Å². The van der Waals surface area contributed by atoms with Gasteiger partial charge in [0.25, 0.3) is 0 Å². The molecule has 5 nitrogen and oxygen atoms in total. The molecule has 1 aromatic rings. The van der Waals surface area contributed by atoms with E-state index in [9.17, 15) is 4.79 Å². The Morgan fingerprint density at radius 1 is 1.26 bits per heavy atom. The Morgan fingerprint density at radius 2 is 2.09 bits per heavy atom. The summed E-state index contributed by atoms with van der Waals surface area (Å²) in [5.74, 6) is 1.70. The fourth-order valence-corrected chi connectivity index (χ4v) is 3.74. The predicted molar refractivity (Wildman–Crippen MR) is 89.0 cm³/mol. The van der Waals surface area contributed by atoms with Gasteiger partial charge in [0.05, 0.1) is 14.2 Å². The van der Waals surface area contributed by atoms with Crippen molar-refractivity contribution in [1.82, 2.24) is 10.2 Å². The predicted octanol–water partition coefficient (Wildman–Crippen LogP) is 1.85. The zero-order valence-electron chi connectivity index (χ0n) is 14.1. The van der Waals surface area contributed by atoms with Crippen LogP contribution in [-0.4, -0.2) is 51.2 Å². The summed E-state index contributed by atoms with van der Waals surface area (Å²) in [5, 5.41) is 3.43. The maximum atomic E-state index is 12.5. The van der Waals surface area contributed by atoms with Crippen molar-refractivity contribution in [3.63, 3.8) is 0 Å². The first-order valence-electron chi connectivity index (χ1n) is 8.35. The van der Waals surface area contributed by atoms with Crippen LogP contribution in [0.2, 0.25) is 0 Å². The number of hydrogen-bond donors (Lipinski definition) is 1. The summed E-state index contributed by atoms with van der Waals surface area (Å²) in [5.41, 5.74) is 1.45. The van der Waals surface area contributed by atoms with Crippen molar-refractivity contribution < 1.29 is 14.3 Å². The molecule has 1 atom stereocenters. The van der Waals surface area contributed by atoms with Crippen LogP contribution in [0.5, 0.6) is 11.5 Å². The molecule has 1 aromatic carbocycles. The van der Waals surface area contributed by atoms with E-state index in [2.05, 4.69) is 5.32 Å². The van der Waals surface area contributed by atoms with Gasteiger partial charge in [-0.2, -0.15) is 0 Å². The Kier molecular flexibility index (Phi) is 4.76. The van der Waals surface area contributed by atoms with E-state index in [0.29, 0.717) is 11.8 Å². The van der Waals surface area contributed by atoms with Gasteiger partial charge in [0.2, 0.25) is 5.91 Å². The number of nitrogens with one attached hydrogen (secondary N) is 1. The van der Waals surface area contributed by atoms with Gasteiger partial charge in [0.1, 0.15) is 0 Å². The molecule has 0 radical (unpaired) electrons. The van der Waals surface area contributed by atoms with Crippen LogP contribution >= 0.6 is 0 Å². The van der Waals surface area contributed by atoms with Crippen molar-refractivity contribution >= 4 is 5.91 Å². The van der Waals surface area contributed by atoms with Crippen LogP contribution in [0, 0.1) is 5.41 Å². The molecule has 2 saturated heterocycles. The summed E-state index contributed by atoms with van der Waals surface area (Å²) in [6.45, 7) is 3.98. The highest BCUT2D eigenvalue weighted by Gasteiger charge is 2.41. The lowest BCUT2D eigenvalue weighted by molar-refractivity contribution is -0.130. The molecule has 2 heterocycles. The Bertz CT molecular complexity index is 567. The first kappa shape index (κ1) is 16.1. The van der Waals surface area contributed by atoms with Gasteiger partial charge in [0, 0.05) is 31.5 Å². The van der Waals surface area contributed by atoms with Crippen LogP contribution in [-0.2, 0) is 11.2 Å². The molecule has 2 aliphatic heterocycles. The molecule has 2 aliphatic rings. The number of ether oxygens (including phenoxy) is 2. The molecule has 0 aromatic heterocycles. The van der Waals surface area contributed by atoms with Gasteiger partial charge in [-0.15, -0.1) is 0 Å². The van der Waals surface area contributed by atoms with Crippen molar-refractivity contribution in [2.24, 2.45) is 5.41 Å². The monoisotopic (exact) mass is 318 g/mol. The van der Waals surface area contributed by atoms with Crippen LogP contribution in [0.15, 0.2) is 18.2 Å². The van der Waals surface area contributed by atoms with E-state index in [-0.39, 0.29) is 5.91 Å². The zero-order valence-corrected chi connectivity index (χ0v) is 14.1. The molecule has 23 heavy (non-hydrogen) atoms. The van der Waals surface area contributed by atoms with E-state index in [1.54, 1.807) is 14.2 Å². The second-order valence-corrected chi connectivity index (χ2v) is 6.68. The molecule has 0 aliphatic carbocycles. The molecule has 5 heteroatoms. The number of likely N-dealkylation sites (tertiary alicyclic amines) is 1. The lowest BCUT2D eigenvalue weighted by Gasteiger charge is -2.22. The minimum absolute atomic E-state index is 0.267. The van der Waals surface area contributed by atoms with Crippen LogP contribution < -0.4 is 14.8 Å². The SMILES string of the molecule is COc1ccc(CCC(=O)N2CCC3(CCNC3)C2)cc1OC. The zero-order chi connectivity index (χ0) is 16.3. The van der Waals surface area contributed by atoms with Crippen LogP contribution in [0.3, 0.4) is 0 Å². The van der Waals surface area contributed by atoms with Gasteiger partial charge in [0.15, 0.2) is 11.5 Å². The van der Waals surface area contributed by atoms with Crippen LogP contribution in [0.4, 0.5) is 0 Å². The number of rotatable bonds is 5. The van der Waals surface area contributed by atoms with E-state index in [1.807, 2.05) is 23.1 Å². The number of carbonyl (C=O) groups excluding carboxylic acids is 1. The lowest BCUT2D eigenvalue weighted by Crippen LogP contribution is -2.33. The van der Waals surface area contributed by atoms with Crippen molar-refractivity contribution in [3.8, 4) is 11.5 Å². The number of amides is 1. The van der Waals surface area contributed by atoms with E-state index in [1.165, 1.54) is 6.42 Å². The molecule has 1 amide bonds. The Balaban J connectivity index is 1.55. The van der Waals surface area contributed by atoms with Crippen LogP contribution in [0.1, 0.15) is 24.8 Å². The quantitative estimate of drug-likeness (QED) is 0.900. The van der Waals surface area contributed by atoms with Gasteiger partial charge < -0.3 is 19.7 Å². The number of methoxy groups -OCH3 is 2. The number of hydrogen-bond acceptors (Lipinski definition) is 4. The molecule has 0 saturated carbocycles. The fourth-order valence-electron chi connectivity index (χ4n) is 3.74. The number of aryl methyl sites for hydroxylation is 1. The third-order valence-electron chi connectivity index (χ3n) is 5.20. The van der Waals surface area contributed by atoms with E-state index >= 15 is 0 Å². The van der Waals surface area contributed by atoms with Crippen molar-refractivity contribution in [3.05, 3.63) is 23.8 Å². The molecular formula is C18H26N2O3. The fraction of sp³-hybridized carbons (Fsp3) is 0.611. The molecule has 3 rings (SSSR count). The molecule has 1 unspecified atom stereocenters. The second-order valence-electron chi connectivity index (χ2n) is 6.68. The molecule has 126 valence electrons. The molecule has 0 bridgehead atoms. The summed E-state index contributed by atoms with van der Waals surface area (Å²) in [6, 6.07) is 5.85. The smallest absolute Gasteiger partial charge is 0.222 e. The minimum atomic E-state index is 0.267. The van der Waals surface area contributed by atoms with Gasteiger partial charge in [-0.25, -0.2) is 0 Å². The number of carbonyl (C=O) groups is 1. The molecular weight excluding hydrogens is 292 g/mol. The maximum Gasteiger partial charge on any atom is 0.222 e. The van der Waals surface area contributed by atoms with Gasteiger partial charge in [-0.3, -0.25) is 4.79 Å². The molecule has 1 spiro atoms. The standard InChI is InChI=1S/C18H26N2O3/c1-22-15-5-3-14(11-16(15)23-2)4-6-17(21)20-10-8-18(13-20)7-9-19-12-18/h3,5,11,19H,4,6-10,12-13H2,1-2H3. The van der Waals surface area contributed by atoms with E-state index in [4.69, 9.17) is 9.47 Å². The maximum absolute atomic E-state index is 12.5. The summed E-state index contributed by atoms with van der Waals surface area (Å²) >= 11 is 0. The van der Waals surface area contributed by atoms with E-state index < -0.39 is 0 Å². The topological polar surface area (TPSA) is 50.8 Å². The summed E-state index contributed by atoms with van der Waals surface area (Å²) in [6.07, 6.45) is 3.63. The third kappa shape index (κ3) is 3.44. The van der Waals surface area contributed by atoms with Gasteiger partial charge in [-0.1, -0.05) is 6.07 Å². The largest absolute Gasteiger partial charge is 0.493 e. The highest BCUT2D eigenvalue weighted by molar-refractivity contribution is 5.77. The number of benzene rings is 1.